The molecule has 1 fully saturated rings. The number of pyridine rings is 1. The van der Waals surface area contributed by atoms with Crippen molar-refractivity contribution in [2.24, 2.45) is 5.16 Å². The van der Waals surface area contributed by atoms with Crippen molar-refractivity contribution in [2.75, 3.05) is 18.0 Å². The lowest BCUT2D eigenvalue weighted by molar-refractivity contribution is 0.0695. The predicted molar refractivity (Wildman–Crippen MR) is 82.1 cm³/mol. The molecule has 3 N–H and O–H groups in total. The standard InChI is InChI=1S/C15H12F3N3O4/c16-9-8-12(19-5-7(14(8)22)15(23)24)11(18)13(10(9)17)21-3-1-6(20-25)2-4-21/h5,25H,1-4H2,(H,19,22)(H,23,24). The zero-order chi connectivity index (χ0) is 18.3. The predicted octanol–water partition coefficient (Wildman–Crippen LogP) is 2.07. The van der Waals surface area contributed by atoms with Crippen LogP contribution in [0.2, 0.25) is 0 Å². The van der Waals surface area contributed by atoms with E-state index in [0.29, 0.717) is 5.71 Å². The number of piperidine rings is 1. The van der Waals surface area contributed by atoms with Crippen molar-refractivity contribution in [3.63, 3.8) is 0 Å². The lowest BCUT2D eigenvalue weighted by Crippen LogP contribution is -2.35. The Morgan fingerprint density at radius 3 is 2.36 bits per heavy atom. The molecule has 0 saturated carbocycles. The van der Waals surface area contributed by atoms with Crippen LogP contribution in [-0.2, 0) is 0 Å². The molecule has 1 saturated heterocycles. The van der Waals surface area contributed by atoms with Gasteiger partial charge in [0.2, 0.25) is 5.43 Å². The molecule has 3 rings (SSSR count). The molecule has 0 spiro atoms. The molecule has 10 heteroatoms. The van der Waals surface area contributed by atoms with E-state index >= 15 is 0 Å². The van der Waals surface area contributed by atoms with E-state index in [0.717, 1.165) is 6.20 Å². The number of benzene rings is 1. The van der Waals surface area contributed by atoms with Crippen LogP contribution in [0.1, 0.15) is 23.2 Å². The number of carboxylic acids is 1. The molecule has 0 aliphatic carbocycles. The number of hydrogen-bond donors (Lipinski definition) is 3. The number of halogens is 3. The Bertz CT molecular complexity index is 961. The zero-order valence-corrected chi connectivity index (χ0v) is 12.6. The van der Waals surface area contributed by atoms with Crippen molar-refractivity contribution in [1.29, 1.82) is 0 Å². The Kier molecular flexibility index (Phi) is 4.11. The summed E-state index contributed by atoms with van der Waals surface area (Å²) in [5.74, 6) is -6.01. The maximum Gasteiger partial charge on any atom is 0.341 e. The molecule has 1 aromatic carbocycles. The number of aromatic amines is 1. The number of carboxylic acid groups (broad SMARTS) is 1. The van der Waals surface area contributed by atoms with Gasteiger partial charge in [0, 0.05) is 32.1 Å². The fourth-order valence-corrected chi connectivity index (χ4v) is 2.87. The van der Waals surface area contributed by atoms with Gasteiger partial charge in [-0.05, 0) is 0 Å². The highest BCUT2D eigenvalue weighted by Gasteiger charge is 2.29. The molecule has 0 amide bonds. The van der Waals surface area contributed by atoms with Gasteiger partial charge >= 0.3 is 5.97 Å². The van der Waals surface area contributed by atoms with Gasteiger partial charge in [0.15, 0.2) is 17.5 Å². The summed E-state index contributed by atoms with van der Waals surface area (Å²) in [5, 5.41) is 19.7. The van der Waals surface area contributed by atoms with Crippen LogP contribution < -0.4 is 10.3 Å². The van der Waals surface area contributed by atoms with E-state index in [1.165, 1.54) is 4.90 Å². The molecule has 0 radical (unpaired) electrons. The first-order valence-corrected chi connectivity index (χ1v) is 7.26. The van der Waals surface area contributed by atoms with E-state index in [-0.39, 0.29) is 25.9 Å². The van der Waals surface area contributed by atoms with Crippen LogP contribution in [0.15, 0.2) is 16.1 Å². The fraction of sp³-hybridized carbons (Fsp3) is 0.267. The highest BCUT2D eigenvalue weighted by atomic mass is 19.2. The summed E-state index contributed by atoms with van der Waals surface area (Å²) in [7, 11) is 0. The highest BCUT2D eigenvalue weighted by molar-refractivity contribution is 5.94. The quantitative estimate of drug-likeness (QED) is 0.434. The van der Waals surface area contributed by atoms with Crippen molar-refractivity contribution < 1.29 is 28.3 Å². The second-order valence-corrected chi connectivity index (χ2v) is 5.53. The minimum atomic E-state index is -1.64. The van der Waals surface area contributed by atoms with Crippen molar-refractivity contribution in [2.45, 2.75) is 12.8 Å². The Balaban J connectivity index is 2.21. The van der Waals surface area contributed by atoms with Crippen LogP contribution in [0.3, 0.4) is 0 Å². The molecule has 1 aliphatic rings. The van der Waals surface area contributed by atoms with Gasteiger partial charge in [0.1, 0.15) is 11.3 Å². The average molecular weight is 355 g/mol. The number of carbonyl (C=O) groups is 1. The Hall–Kier alpha value is -3.04. The molecule has 1 aliphatic heterocycles. The van der Waals surface area contributed by atoms with E-state index in [9.17, 15) is 22.8 Å². The second kappa shape index (κ2) is 6.11. The van der Waals surface area contributed by atoms with Gasteiger partial charge < -0.3 is 20.2 Å². The second-order valence-electron chi connectivity index (χ2n) is 5.53. The summed E-state index contributed by atoms with van der Waals surface area (Å²) < 4.78 is 43.6. The molecule has 0 bridgehead atoms. The van der Waals surface area contributed by atoms with Gasteiger partial charge in [-0.1, -0.05) is 5.16 Å². The Labute approximate surface area is 138 Å². The van der Waals surface area contributed by atoms with Gasteiger partial charge in [0.05, 0.1) is 16.6 Å². The summed E-state index contributed by atoms with van der Waals surface area (Å²) in [6.07, 6.45) is 1.22. The fourth-order valence-electron chi connectivity index (χ4n) is 2.87. The van der Waals surface area contributed by atoms with Crippen molar-refractivity contribution >= 4 is 28.3 Å². The number of nitrogens with one attached hydrogen (secondary N) is 1. The number of fused-ring (bicyclic) bond motifs is 1. The molecule has 2 heterocycles. The summed E-state index contributed by atoms with van der Waals surface area (Å²) in [4.78, 5) is 26.4. The van der Waals surface area contributed by atoms with Gasteiger partial charge in [-0.3, -0.25) is 4.79 Å². The Morgan fingerprint density at radius 2 is 1.80 bits per heavy atom. The average Bonchev–Trinajstić information content (AvgIpc) is 2.60. The first-order valence-electron chi connectivity index (χ1n) is 7.26. The minimum absolute atomic E-state index is 0.0929. The van der Waals surface area contributed by atoms with Gasteiger partial charge in [-0.2, -0.15) is 0 Å². The van der Waals surface area contributed by atoms with E-state index < -0.39 is 51.0 Å². The van der Waals surface area contributed by atoms with Gasteiger partial charge in [-0.15, -0.1) is 0 Å². The molecule has 0 unspecified atom stereocenters. The van der Waals surface area contributed by atoms with Crippen LogP contribution in [0, 0.1) is 17.5 Å². The largest absolute Gasteiger partial charge is 0.477 e. The smallest absolute Gasteiger partial charge is 0.341 e. The number of oxime groups is 1. The lowest BCUT2D eigenvalue weighted by atomic mass is 10.1. The molecular formula is C15H12F3N3O4. The molecule has 0 atom stereocenters. The van der Waals surface area contributed by atoms with Crippen molar-refractivity contribution in [3.8, 4) is 0 Å². The number of hydrogen-bond acceptors (Lipinski definition) is 5. The minimum Gasteiger partial charge on any atom is -0.477 e. The molecule has 25 heavy (non-hydrogen) atoms. The molecular weight excluding hydrogens is 343 g/mol. The number of nitrogens with zero attached hydrogens (tertiary/aromatic N) is 2. The van der Waals surface area contributed by atoms with Crippen molar-refractivity contribution in [3.05, 3.63) is 39.4 Å². The number of H-pyrrole nitrogens is 1. The molecule has 1 aromatic heterocycles. The molecule has 7 nitrogen and oxygen atoms in total. The topological polar surface area (TPSA) is 106 Å². The van der Waals surface area contributed by atoms with Gasteiger partial charge in [0.25, 0.3) is 0 Å². The number of rotatable bonds is 2. The van der Waals surface area contributed by atoms with E-state index in [1.807, 2.05) is 0 Å². The number of aromatic carboxylic acids is 1. The monoisotopic (exact) mass is 355 g/mol. The van der Waals surface area contributed by atoms with E-state index in [2.05, 4.69) is 10.1 Å². The first kappa shape index (κ1) is 16.8. The van der Waals surface area contributed by atoms with Crippen LogP contribution in [0.4, 0.5) is 18.9 Å². The summed E-state index contributed by atoms with van der Waals surface area (Å²) in [6.45, 7) is 0.186. The van der Waals surface area contributed by atoms with Crippen LogP contribution >= 0.6 is 0 Å². The summed E-state index contributed by atoms with van der Waals surface area (Å²) in [5.41, 5.74) is -2.93. The molecule has 2 aromatic rings. The summed E-state index contributed by atoms with van der Waals surface area (Å²) in [6, 6.07) is 0. The van der Waals surface area contributed by atoms with E-state index in [4.69, 9.17) is 10.3 Å². The maximum atomic E-state index is 14.7. The lowest BCUT2D eigenvalue weighted by Gasteiger charge is -2.30. The number of anilines is 1. The highest BCUT2D eigenvalue weighted by Crippen LogP contribution is 2.32. The Morgan fingerprint density at radius 1 is 1.16 bits per heavy atom. The molecule has 132 valence electrons. The van der Waals surface area contributed by atoms with Crippen LogP contribution in [0.5, 0.6) is 0 Å². The van der Waals surface area contributed by atoms with E-state index in [1.54, 1.807) is 0 Å². The third kappa shape index (κ3) is 2.59. The van der Waals surface area contributed by atoms with Crippen LogP contribution in [0.25, 0.3) is 10.9 Å². The number of aromatic nitrogens is 1. The third-order valence-corrected chi connectivity index (χ3v) is 4.16. The third-order valence-electron chi connectivity index (χ3n) is 4.16. The normalized spacial score (nSPS) is 14.8. The first-order chi connectivity index (χ1) is 11.9. The zero-order valence-electron chi connectivity index (χ0n) is 12.6. The van der Waals surface area contributed by atoms with Crippen LogP contribution in [-0.4, -0.2) is 40.1 Å². The van der Waals surface area contributed by atoms with Gasteiger partial charge in [-0.25, -0.2) is 18.0 Å². The van der Waals surface area contributed by atoms with Crippen molar-refractivity contribution in [1.82, 2.24) is 4.98 Å². The SMILES string of the molecule is O=C(O)c1c[nH]c2c(F)c(N3CCC(=NO)CC3)c(F)c(F)c2c1=O. The maximum absolute atomic E-state index is 14.7. The summed E-state index contributed by atoms with van der Waals surface area (Å²) >= 11 is 0.